The zero-order valence-corrected chi connectivity index (χ0v) is 15.3. The van der Waals surface area contributed by atoms with Crippen LogP contribution in [-0.2, 0) is 0 Å². The Bertz CT molecular complexity index is 691. The van der Waals surface area contributed by atoms with Gasteiger partial charge >= 0.3 is 0 Å². The van der Waals surface area contributed by atoms with Gasteiger partial charge in [0.25, 0.3) is 5.91 Å². The van der Waals surface area contributed by atoms with Crippen LogP contribution in [0.5, 0.6) is 0 Å². The first-order chi connectivity index (χ1) is 12.3. The lowest BCUT2D eigenvalue weighted by molar-refractivity contribution is 0.0839. The van der Waals surface area contributed by atoms with Crippen LogP contribution < -0.4 is 5.32 Å². The van der Waals surface area contributed by atoms with Crippen molar-refractivity contribution in [2.24, 2.45) is 0 Å². The van der Waals surface area contributed by atoms with Crippen LogP contribution in [0.25, 0.3) is 10.8 Å². The van der Waals surface area contributed by atoms with Gasteiger partial charge in [-0.3, -0.25) is 9.69 Å². The molecule has 2 aliphatic rings. The van der Waals surface area contributed by atoms with Gasteiger partial charge in [0.1, 0.15) is 4.88 Å². The number of amides is 1. The average molecular weight is 359 g/mol. The van der Waals surface area contributed by atoms with Crippen molar-refractivity contribution >= 4 is 17.2 Å². The molecule has 1 aliphatic heterocycles. The third-order valence-corrected chi connectivity index (χ3v) is 6.35. The second-order valence-corrected chi connectivity index (χ2v) is 8.14. The number of furan rings is 1. The standard InChI is InChI=1S/C19H25N3O2S/c23-18(17-12-20-19(25-17)16-9-5-11-24-16)21-14-6-4-10-22(13-14)15-7-2-1-3-8-15/h5,9,11-12,14-15H,1-4,6-8,10,13H2,(H,21,23). The summed E-state index contributed by atoms with van der Waals surface area (Å²) in [6.07, 6.45) is 12.2. The zero-order chi connectivity index (χ0) is 17.1. The summed E-state index contributed by atoms with van der Waals surface area (Å²) in [5.74, 6) is 0.705. The Morgan fingerprint density at radius 1 is 1.24 bits per heavy atom. The van der Waals surface area contributed by atoms with Crippen LogP contribution in [0.1, 0.15) is 54.6 Å². The van der Waals surface area contributed by atoms with Crippen molar-refractivity contribution in [1.29, 1.82) is 0 Å². The summed E-state index contributed by atoms with van der Waals surface area (Å²) in [5.41, 5.74) is 0. The van der Waals surface area contributed by atoms with Crippen molar-refractivity contribution in [2.45, 2.75) is 57.0 Å². The molecular weight excluding hydrogens is 334 g/mol. The normalized spacial score (nSPS) is 22.8. The molecule has 1 atom stereocenters. The number of hydrogen-bond donors (Lipinski definition) is 1. The van der Waals surface area contributed by atoms with Crippen LogP contribution in [0.2, 0.25) is 0 Å². The van der Waals surface area contributed by atoms with E-state index in [0.717, 1.165) is 24.0 Å². The Kier molecular flexibility index (Phi) is 5.17. The Labute approximate surface area is 152 Å². The van der Waals surface area contributed by atoms with Gasteiger partial charge in [-0.2, -0.15) is 0 Å². The van der Waals surface area contributed by atoms with E-state index in [9.17, 15) is 4.79 Å². The highest BCUT2D eigenvalue weighted by Crippen LogP contribution is 2.27. The first-order valence-electron chi connectivity index (χ1n) is 9.34. The molecule has 0 spiro atoms. The van der Waals surface area contributed by atoms with E-state index in [1.54, 1.807) is 12.5 Å². The quantitative estimate of drug-likeness (QED) is 0.898. The maximum Gasteiger partial charge on any atom is 0.263 e. The molecule has 6 heteroatoms. The second kappa shape index (κ2) is 7.70. The van der Waals surface area contributed by atoms with Crippen molar-refractivity contribution < 1.29 is 9.21 Å². The molecule has 2 fully saturated rings. The number of hydrogen-bond acceptors (Lipinski definition) is 5. The first-order valence-corrected chi connectivity index (χ1v) is 10.2. The third-order valence-electron chi connectivity index (χ3n) is 5.34. The zero-order valence-electron chi connectivity index (χ0n) is 14.4. The molecule has 0 aromatic carbocycles. The number of nitrogens with one attached hydrogen (secondary N) is 1. The van der Waals surface area contributed by atoms with Crippen LogP contribution >= 0.6 is 11.3 Å². The first kappa shape index (κ1) is 16.8. The molecule has 1 N–H and O–H groups in total. The topological polar surface area (TPSA) is 58.4 Å². The van der Waals surface area contributed by atoms with E-state index in [1.165, 1.54) is 56.4 Å². The number of carbonyl (C=O) groups is 1. The number of thiazole rings is 1. The highest BCUT2D eigenvalue weighted by Gasteiger charge is 2.28. The smallest absolute Gasteiger partial charge is 0.263 e. The molecule has 0 bridgehead atoms. The number of rotatable bonds is 4. The van der Waals surface area contributed by atoms with E-state index in [2.05, 4.69) is 15.2 Å². The highest BCUT2D eigenvalue weighted by atomic mass is 32.1. The maximum atomic E-state index is 12.6. The summed E-state index contributed by atoms with van der Waals surface area (Å²) in [4.78, 5) is 20.2. The Morgan fingerprint density at radius 2 is 2.12 bits per heavy atom. The predicted octanol–water partition coefficient (Wildman–Crippen LogP) is 3.93. The summed E-state index contributed by atoms with van der Waals surface area (Å²) in [5, 5.41) is 3.97. The molecule has 1 aliphatic carbocycles. The maximum absolute atomic E-state index is 12.6. The van der Waals surface area contributed by atoms with Crippen molar-refractivity contribution in [1.82, 2.24) is 15.2 Å². The van der Waals surface area contributed by atoms with Crippen molar-refractivity contribution in [2.75, 3.05) is 13.1 Å². The molecule has 0 radical (unpaired) electrons. The van der Waals surface area contributed by atoms with Crippen LogP contribution in [-0.4, -0.2) is 41.0 Å². The van der Waals surface area contributed by atoms with E-state index in [1.807, 2.05) is 12.1 Å². The van der Waals surface area contributed by atoms with Crippen molar-refractivity contribution in [3.8, 4) is 10.8 Å². The van der Waals surface area contributed by atoms with Crippen LogP contribution in [0, 0.1) is 0 Å². The number of piperidine rings is 1. The molecule has 3 heterocycles. The van der Waals surface area contributed by atoms with Gasteiger partial charge in [-0.15, -0.1) is 11.3 Å². The minimum Gasteiger partial charge on any atom is -0.462 e. The lowest BCUT2D eigenvalue weighted by Gasteiger charge is -2.40. The number of carbonyl (C=O) groups excluding carboxylic acids is 1. The SMILES string of the molecule is O=C(NC1CCCN(C2CCCCC2)C1)c1cnc(-c2ccco2)s1. The molecule has 1 saturated heterocycles. The van der Waals surface area contributed by atoms with Gasteiger partial charge in [0, 0.05) is 18.6 Å². The van der Waals surface area contributed by atoms with Gasteiger partial charge in [-0.25, -0.2) is 4.98 Å². The van der Waals surface area contributed by atoms with Crippen molar-refractivity contribution in [3.63, 3.8) is 0 Å². The van der Waals surface area contributed by atoms with Crippen molar-refractivity contribution in [3.05, 3.63) is 29.5 Å². The lowest BCUT2D eigenvalue weighted by atomic mass is 9.92. The fourth-order valence-electron chi connectivity index (χ4n) is 4.05. The van der Waals surface area contributed by atoms with Crippen LogP contribution in [0.3, 0.4) is 0 Å². The number of likely N-dealkylation sites (tertiary alicyclic amines) is 1. The summed E-state index contributed by atoms with van der Waals surface area (Å²) in [7, 11) is 0. The summed E-state index contributed by atoms with van der Waals surface area (Å²) < 4.78 is 5.35. The molecular formula is C19H25N3O2S. The van der Waals surface area contributed by atoms with E-state index < -0.39 is 0 Å². The van der Waals surface area contributed by atoms with E-state index >= 15 is 0 Å². The van der Waals surface area contributed by atoms with Gasteiger partial charge in [-0.05, 0) is 44.4 Å². The average Bonchev–Trinajstić information content (AvgIpc) is 3.34. The fourth-order valence-corrected chi connectivity index (χ4v) is 4.84. The summed E-state index contributed by atoms with van der Waals surface area (Å²) >= 11 is 1.39. The number of aromatic nitrogens is 1. The Hall–Kier alpha value is -1.66. The monoisotopic (exact) mass is 359 g/mol. The molecule has 4 rings (SSSR count). The predicted molar refractivity (Wildman–Crippen MR) is 98.8 cm³/mol. The summed E-state index contributed by atoms with van der Waals surface area (Å²) in [6, 6.07) is 4.67. The van der Waals surface area contributed by atoms with Gasteiger partial charge in [-0.1, -0.05) is 19.3 Å². The lowest BCUT2D eigenvalue weighted by Crippen LogP contribution is -2.51. The van der Waals surface area contributed by atoms with Crippen LogP contribution in [0.15, 0.2) is 29.0 Å². The van der Waals surface area contributed by atoms with E-state index in [0.29, 0.717) is 10.6 Å². The van der Waals surface area contributed by atoms with E-state index in [4.69, 9.17) is 4.42 Å². The van der Waals surface area contributed by atoms with Gasteiger partial charge in [0.15, 0.2) is 10.8 Å². The Balaban J connectivity index is 1.35. The van der Waals surface area contributed by atoms with Gasteiger partial charge in [0.05, 0.1) is 12.5 Å². The number of nitrogens with zero attached hydrogens (tertiary/aromatic N) is 2. The third kappa shape index (κ3) is 3.96. The Morgan fingerprint density at radius 3 is 2.92 bits per heavy atom. The minimum atomic E-state index is -0.00852. The molecule has 2 aromatic rings. The molecule has 1 unspecified atom stereocenters. The van der Waals surface area contributed by atoms with E-state index in [-0.39, 0.29) is 11.9 Å². The van der Waals surface area contributed by atoms with Crippen LogP contribution in [0.4, 0.5) is 0 Å². The molecule has 1 amide bonds. The minimum absolute atomic E-state index is 0.00852. The summed E-state index contributed by atoms with van der Waals surface area (Å²) in [6.45, 7) is 2.17. The molecule has 2 aromatic heterocycles. The molecule has 25 heavy (non-hydrogen) atoms. The second-order valence-electron chi connectivity index (χ2n) is 7.11. The highest BCUT2D eigenvalue weighted by molar-refractivity contribution is 7.16. The largest absolute Gasteiger partial charge is 0.462 e. The van der Waals surface area contributed by atoms with Gasteiger partial charge in [0.2, 0.25) is 0 Å². The fraction of sp³-hybridized carbons (Fsp3) is 0.579. The molecule has 1 saturated carbocycles. The molecule has 5 nitrogen and oxygen atoms in total. The molecule has 134 valence electrons. The van der Waals surface area contributed by atoms with Gasteiger partial charge < -0.3 is 9.73 Å².